The van der Waals surface area contributed by atoms with Gasteiger partial charge in [-0.25, -0.2) is 9.97 Å². The first-order valence-electron chi connectivity index (χ1n) is 15.1. The summed E-state index contributed by atoms with van der Waals surface area (Å²) in [6.45, 7) is 14.6. The van der Waals surface area contributed by atoms with Crippen molar-refractivity contribution < 1.29 is 19.1 Å². The minimum Gasteiger partial charge on any atom is -0.454 e. The Morgan fingerprint density at radius 2 is 1.72 bits per heavy atom. The molecule has 0 saturated carbocycles. The Bertz CT molecular complexity index is 1390. The molecule has 2 amide bonds. The number of amides is 2. The molecule has 2 aromatic heterocycles. The number of nitrogens with zero attached hydrogens (tertiary/aromatic N) is 4. The zero-order chi connectivity index (χ0) is 31.2. The summed E-state index contributed by atoms with van der Waals surface area (Å²) < 4.78 is 10.9. The molecule has 0 radical (unpaired) electrons. The van der Waals surface area contributed by atoms with Crippen LogP contribution < -0.4 is 25.0 Å². The molecule has 0 unspecified atom stereocenters. The number of carbonyl (C=O) groups is 2. The second kappa shape index (κ2) is 17.0. The highest BCUT2D eigenvalue weighted by atomic mass is 16.7. The van der Waals surface area contributed by atoms with Gasteiger partial charge in [0.2, 0.25) is 18.6 Å². The lowest BCUT2D eigenvalue weighted by atomic mass is 9.97. The molecular formula is C33H44N6O4. The van der Waals surface area contributed by atoms with Gasteiger partial charge in [-0.15, -0.1) is 0 Å². The molecule has 10 nitrogen and oxygen atoms in total. The van der Waals surface area contributed by atoms with Crippen LogP contribution in [-0.2, 0) is 16.1 Å². The van der Waals surface area contributed by atoms with Gasteiger partial charge in [0, 0.05) is 43.9 Å². The maximum atomic E-state index is 12.0. The van der Waals surface area contributed by atoms with Crippen LogP contribution in [0, 0.1) is 5.92 Å². The molecule has 1 aromatic carbocycles. The average molecular weight is 589 g/mol. The first-order chi connectivity index (χ1) is 20.9. The highest BCUT2D eigenvalue weighted by molar-refractivity contribution is 6.05. The standard InChI is InChI=1S/C29H32N6O4.2C2H6/c1-19(28(37)32-20(2)36)14-23-8-11-31-29(34-23)35-12-9-21(10-13-35)16-30-17-24-4-3-5-25(33-24)22-6-7-26-27(15-22)39-18-38-26;2*1-2/h3-8,11,14-15,21,30H,9-10,12-13,16-18H2,1-2H3,(H,32,36,37);2*1-2H3/b19-14+;;. The molecular weight excluding hydrogens is 544 g/mol. The lowest BCUT2D eigenvalue weighted by Gasteiger charge is -2.32. The van der Waals surface area contributed by atoms with Gasteiger partial charge in [0.15, 0.2) is 11.5 Å². The number of carbonyl (C=O) groups excluding carboxylic acids is 2. The van der Waals surface area contributed by atoms with Gasteiger partial charge in [-0.1, -0.05) is 33.8 Å². The molecule has 3 aromatic rings. The first-order valence-corrected chi connectivity index (χ1v) is 15.1. The predicted molar refractivity (Wildman–Crippen MR) is 170 cm³/mol. The van der Waals surface area contributed by atoms with Crippen LogP contribution in [0.2, 0.25) is 0 Å². The normalized spacial score (nSPS) is 14.2. The Kier molecular flexibility index (Phi) is 13.1. The number of imide groups is 1. The summed E-state index contributed by atoms with van der Waals surface area (Å²) >= 11 is 0. The molecule has 2 aliphatic rings. The highest BCUT2D eigenvalue weighted by Crippen LogP contribution is 2.35. The van der Waals surface area contributed by atoms with Crippen molar-refractivity contribution in [2.45, 2.75) is 60.9 Å². The Morgan fingerprint density at radius 1 is 0.977 bits per heavy atom. The number of ether oxygens (including phenoxy) is 2. The second-order valence-electron chi connectivity index (χ2n) is 9.76. The molecule has 4 heterocycles. The van der Waals surface area contributed by atoms with Crippen molar-refractivity contribution in [3.8, 4) is 22.8 Å². The number of benzene rings is 1. The number of piperidine rings is 1. The van der Waals surface area contributed by atoms with E-state index >= 15 is 0 Å². The molecule has 0 aliphatic carbocycles. The van der Waals surface area contributed by atoms with E-state index in [4.69, 9.17) is 14.5 Å². The van der Waals surface area contributed by atoms with Crippen molar-refractivity contribution in [2.24, 2.45) is 5.92 Å². The number of fused-ring (bicyclic) bond motifs is 1. The highest BCUT2D eigenvalue weighted by Gasteiger charge is 2.21. The fourth-order valence-electron chi connectivity index (χ4n) is 4.68. The van der Waals surface area contributed by atoms with E-state index in [1.807, 2.05) is 64.1 Å². The van der Waals surface area contributed by atoms with Gasteiger partial charge < -0.3 is 19.7 Å². The lowest BCUT2D eigenvalue weighted by molar-refractivity contribution is -0.127. The smallest absolute Gasteiger partial charge is 0.253 e. The predicted octanol–water partition coefficient (Wildman–Crippen LogP) is 5.39. The van der Waals surface area contributed by atoms with Gasteiger partial charge in [-0.05, 0) is 74.7 Å². The summed E-state index contributed by atoms with van der Waals surface area (Å²) in [4.78, 5) is 39.2. The largest absolute Gasteiger partial charge is 0.454 e. The van der Waals surface area contributed by atoms with Gasteiger partial charge in [0.05, 0.1) is 17.1 Å². The summed E-state index contributed by atoms with van der Waals surface area (Å²) in [7, 11) is 0. The van der Waals surface area contributed by atoms with E-state index in [9.17, 15) is 9.59 Å². The quantitative estimate of drug-likeness (QED) is 0.334. The molecule has 43 heavy (non-hydrogen) atoms. The molecule has 0 spiro atoms. The van der Waals surface area contributed by atoms with E-state index in [0.717, 1.165) is 60.9 Å². The molecule has 230 valence electrons. The fourth-order valence-corrected chi connectivity index (χ4v) is 4.68. The SMILES string of the molecule is CC.CC.CC(=O)NC(=O)/C(C)=C/c1ccnc(N2CCC(CNCc3cccc(-c4ccc5c(c4)OCO5)n3)CC2)n1. The van der Waals surface area contributed by atoms with Gasteiger partial charge in [-0.2, -0.15) is 0 Å². The van der Waals surface area contributed by atoms with Gasteiger partial charge in [-0.3, -0.25) is 19.9 Å². The van der Waals surface area contributed by atoms with Crippen LogP contribution in [0.1, 0.15) is 65.8 Å². The number of anilines is 1. The van der Waals surface area contributed by atoms with Crippen molar-refractivity contribution in [1.29, 1.82) is 0 Å². The van der Waals surface area contributed by atoms with E-state index in [0.29, 0.717) is 29.7 Å². The topological polar surface area (TPSA) is 119 Å². The minimum atomic E-state index is -0.425. The van der Waals surface area contributed by atoms with Crippen molar-refractivity contribution in [1.82, 2.24) is 25.6 Å². The summed E-state index contributed by atoms with van der Waals surface area (Å²) in [5, 5.41) is 5.85. The van der Waals surface area contributed by atoms with E-state index in [2.05, 4.69) is 25.5 Å². The number of rotatable bonds is 8. The minimum absolute atomic E-state index is 0.259. The number of hydrogen-bond donors (Lipinski definition) is 2. The summed E-state index contributed by atoms with van der Waals surface area (Å²) in [6.07, 6.45) is 5.42. The van der Waals surface area contributed by atoms with Crippen LogP contribution in [0.3, 0.4) is 0 Å². The molecule has 0 atom stereocenters. The fraction of sp³-hybridized carbons (Fsp3) is 0.424. The third-order valence-corrected chi connectivity index (χ3v) is 6.79. The van der Waals surface area contributed by atoms with E-state index in [1.165, 1.54) is 6.92 Å². The Hall–Kier alpha value is -4.31. The first kappa shape index (κ1) is 33.2. The molecule has 5 rings (SSSR count). The lowest BCUT2D eigenvalue weighted by Crippen LogP contribution is -2.38. The summed E-state index contributed by atoms with van der Waals surface area (Å²) in [6, 6.07) is 13.7. The number of aromatic nitrogens is 3. The van der Waals surface area contributed by atoms with Crippen LogP contribution >= 0.6 is 0 Å². The van der Waals surface area contributed by atoms with E-state index < -0.39 is 5.91 Å². The molecule has 1 fully saturated rings. The van der Waals surface area contributed by atoms with Crippen LogP contribution in [-0.4, -0.2) is 53.2 Å². The van der Waals surface area contributed by atoms with Crippen molar-refractivity contribution >= 4 is 23.8 Å². The van der Waals surface area contributed by atoms with Crippen LogP contribution in [0.25, 0.3) is 17.3 Å². The molecule has 0 bridgehead atoms. The monoisotopic (exact) mass is 588 g/mol. The number of hydrogen-bond acceptors (Lipinski definition) is 9. The van der Waals surface area contributed by atoms with Crippen LogP contribution in [0.4, 0.5) is 5.95 Å². The van der Waals surface area contributed by atoms with Gasteiger partial charge in [0.25, 0.3) is 5.91 Å². The summed E-state index contributed by atoms with van der Waals surface area (Å²) in [5.74, 6) is 1.91. The molecule has 2 aliphatic heterocycles. The third kappa shape index (κ3) is 9.61. The number of pyridine rings is 1. The second-order valence-corrected chi connectivity index (χ2v) is 9.76. The van der Waals surface area contributed by atoms with Crippen molar-refractivity contribution in [2.75, 3.05) is 31.3 Å². The zero-order valence-corrected chi connectivity index (χ0v) is 26.1. The summed E-state index contributed by atoms with van der Waals surface area (Å²) in [5.41, 5.74) is 3.96. The third-order valence-electron chi connectivity index (χ3n) is 6.79. The van der Waals surface area contributed by atoms with Crippen molar-refractivity contribution in [3.05, 3.63) is 65.6 Å². The van der Waals surface area contributed by atoms with E-state index in [1.54, 1.807) is 25.3 Å². The Labute approximate surface area is 254 Å². The van der Waals surface area contributed by atoms with Gasteiger partial charge >= 0.3 is 0 Å². The zero-order valence-electron chi connectivity index (χ0n) is 26.1. The maximum Gasteiger partial charge on any atom is 0.253 e. The average Bonchev–Trinajstić information content (AvgIpc) is 3.52. The van der Waals surface area contributed by atoms with Crippen LogP contribution in [0.15, 0.2) is 54.2 Å². The van der Waals surface area contributed by atoms with E-state index in [-0.39, 0.29) is 12.7 Å². The van der Waals surface area contributed by atoms with Crippen LogP contribution in [0.5, 0.6) is 11.5 Å². The molecule has 10 heteroatoms. The Morgan fingerprint density at radius 3 is 2.47 bits per heavy atom. The molecule has 1 saturated heterocycles. The van der Waals surface area contributed by atoms with Crippen molar-refractivity contribution in [3.63, 3.8) is 0 Å². The number of nitrogens with one attached hydrogen (secondary N) is 2. The van der Waals surface area contributed by atoms with Gasteiger partial charge in [0.1, 0.15) is 0 Å². The molecule has 2 N–H and O–H groups in total. The maximum absolute atomic E-state index is 12.0. The Balaban J connectivity index is 0.00000121.